The van der Waals surface area contributed by atoms with Gasteiger partial charge in [-0.05, 0) is 5.92 Å². The first-order valence-corrected chi connectivity index (χ1v) is 7.70. The Balaban J connectivity index is 2.25. The number of carboxylic acid groups (broad SMARTS) is 1. The van der Waals surface area contributed by atoms with Crippen LogP contribution >= 0.6 is 11.8 Å². The number of nitrogens with zero attached hydrogens (tertiary/aromatic N) is 2. The number of aromatic nitrogens is 2. The SMILES string of the molecule is CCC(C)[C@H](NC(=O)c1cnc2n(c1=O)CCS2)C(=O)O. The van der Waals surface area contributed by atoms with Gasteiger partial charge in [-0.1, -0.05) is 32.0 Å². The first-order chi connectivity index (χ1) is 9.95. The van der Waals surface area contributed by atoms with Crippen molar-refractivity contribution in [3.8, 4) is 0 Å². The largest absolute Gasteiger partial charge is 0.480 e. The van der Waals surface area contributed by atoms with Crippen LogP contribution in [0.25, 0.3) is 0 Å². The monoisotopic (exact) mass is 311 g/mol. The van der Waals surface area contributed by atoms with Crippen LogP contribution < -0.4 is 10.9 Å². The maximum absolute atomic E-state index is 12.2. The molecule has 1 aliphatic rings. The molecule has 2 heterocycles. The Morgan fingerprint density at radius 3 is 2.90 bits per heavy atom. The molecule has 7 nitrogen and oxygen atoms in total. The van der Waals surface area contributed by atoms with E-state index in [1.807, 2.05) is 6.92 Å². The van der Waals surface area contributed by atoms with Crippen molar-refractivity contribution in [1.29, 1.82) is 0 Å². The van der Waals surface area contributed by atoms with Gasteiger partial charge in [0.05, 0.1) is 0 Å². The number of rotatable bonds is 5. The molecule has 1 amide bonds. The van der Waals surface area contributed by atoms with Crippen LogP contribution in [0, 0.1) is 5.92 Å². The summed E-state index contributed by atoms with van der Waals surface area (Å²) in [6.07, 6.45) is 1.83. The molecule has 2 N–H and O–H groups in total. The minimum atomic E-state index is -1.11. The smallest absolute Gasteiger partial charge is 0.326 e. The molecule has 2 rings (SSSR count). The van der Waals surface area contributed by atoms with Gasteiger partial charge in [-0.25, -0.2) is 9.78 Å². The van der Waals surface area contributed by atoms with Crippen LogP contribution in [-0.2, 0) is 11.3 Å². The Kier molecular flexibility index (Phi) is 4.66. The molecule has 0 saturated carbocycles. The maximum atomic E-state index is 12.2. The van der Waals surface area contributed by atoms with E-state index in [0.29, 0.717) is 18.1 Å². The normalized spacial score (nSPS) is 16.1. The van der Waals surface area contributed by atoms with Crippen LogP contribution in [0.1, 0.15) is 30.6 Å². The Hall–Kier alpha value is -1.83. The van der Waals surface area contributed by atoms with Gasteiger partial charge < -0.3 is 10.4 Å². The lowest BCUT2D eigenvalue weighted by molar-refractivity contribution is -0.140. The summed E-state index contributed by atoms with van der Waals surface area (Å²) in [5, 5.41) is 12.2. The molecule has 2 atom stereocenters. The van der Waals surface area contributed by atoms with E-state index in [-0.39, 0.29) is 11.5 Å². The fourth-order valence-corrected chi connectivity index (χ4v) is 2.99. The topological polar surface area (TPSA) is 101 Å². The van der Waals surface area contributed by atoms with Crippen molar-refractivity contribution >= 4 is 23.6 Å². The van der Waals surface area contributed by atoms with Crippen molar-refractivity contribution in [2.45, 2.75) is 38.0 Å². The number of carboxylic acids is 1. The van der Waals surface area contributed by atoms with E-state index in [2.05, 4.69) is 10.3 Å². The van der Waals surface area contributed by atoms with Gasteiger partial charge in [0.25, 0.3) is 11.5 Å². The van der Waals surface area contributed by atoms with E-state index in [0.717, 1.165) is 5.75 Å². The zero-order valence-electron chi connectivity index (χ0n) is 11.8. The predicted molar refractivity (Wildman–Crippen MR) is 77.6 cm³/mol. The molecule has 0 bridgehead atoms. The van der Waals surface area contributed by atoms with Crippen molar-refractivity contribution in [1.82, 2.24) is 14.9 Å². The van der Waals surface area contributed by atoms with Gasteiger partial charge in [-0.15, -0.1) is 0 Å². The molecule has 1 aromatic rings. The van der Waals surface area contributed by atoms with Crippen molar-refractivity contribution in [2.75, 3.05) is 5.75 Å². The Morgan fingerprint density at radius 1 is 1.57 bits per heavy atom. The average Bonchev–Trinajstić information content (AvgIpc) is 2.93. The van der Waals surface area contributed by atoms with Gasteiger partial charge in [0, 0.05) is 18.5 Å². The lowest BCUT2D eigenvalue weighted by atomic mass is 9.99. The van der Waals surface area contributed by atoms with Crippen LogP contribution in [0.15, 0.2) is 16.1 Å². The molecule has 0 spiro atoms. The number of nitrogens with one attached hydrogen (secondary N) is 1. The maximum Gasteiger partial charge on any atom is 0.326 e. The third kappa shape index (κ3) is 3.10. The number of aliphatic carboxylic acids is 1. The third-order valence-electron chi connectivity index (χ3n) is 3.57. The first kappa shape index (κ1) is 15.6. The minimum absolute atomic E-state index is 0.115. The molecule has 8 heteroatoms. The van der Waals surface area contributed by atoms with Gasteiger partial charge in [0.1, 0.15) is 11.6 Å². The van der Waals surface area contributed by atoms with E-state index in [4.69, 9.17) is 0 Å². The highest BCUT2D eigenvalue weighted by Gasteiger charge is 2.28. The third-order valence-corrected chi connectivity index (χ3v) is 4.54. The number of hydrogen-bond acceptors (Lipinski definition) is 5. The second-order valence-corrected chi connectivity index (χ2v) is 6.00. The second-order valence-electron chi connectivity index (χ2n) is 4.93. The fourth-order valence-electron chi connectivity index (χ4n) is 2.08. The zero-order chi connectivity index (χ0) is 15.6. The molecule has 1 aromatic heterocycles. The Morgan fingerprint density at radius 2 is 2.29 bits per heavy atom. The summed E-state index contributed by atoms with van der Waals surface area (Å²) in [5.74, 6) is -1.28. The van der Waals surface area contributed by atoms with E-state index in [1.165, 1.54) is 22.5 Å². The molecule has 0 radical (unpaired) electrons. The zero-order valence-corrected chi connectivity index (χ0v) is 12.6. The lowest BCUT2D eigenvalue weighted by Crippen LogP contribution is -2.46. The van der Waals surface area contributed by atoms with Crippen molar-refractivity contribution in [3.63, 3.8) is 0 Å². The number of fused-ring (bicyclic) bond motifs is 1. The average molecular weight is 311 g/mol. The van der Waals surface area contributed by atoms with E-state index in [1.54, 1.807) is 6.92 Å². The second kappa shape index (κ2) is 6.30. The number of amides is 1. The molecule has 0 aliphatic carbocycles. The summed E-state index contributed by atoms with van der Waals surface area (Å²) in [7, 11) is 0. The predicted octanol–water partition coefficient (Wildman–Crippen LogP) is 0.578. The summed E-state index contributed by atoms with van der Waals surface area (Å²) in [5.41, 5.74) is -0.536. The number of carbonyl (C=O) groups is 2. The molecular weight excluding hydrogens is 294 g/mol. The molecule has 0 aromatic carbocycles. The summed E-state index contributed by atoms with van der Waals surface area (Å²) < 4.78 is 1.44. The highest BCUT2D eigenvalue weighted by Crippen LogP contribution is 2.20. The van der Waals surface area contributed by atoms with Crippen LogP contribution in [0.4, 0.5) is 0 Å². The van der Waals surface area contributed by atoms with Gasteiger partial charge in [-0.2, -0.15) is 0 Å². The molecular formula is C13H17N3O4S. The molecule has 21 heavy (non-hydrogen) atoms. The van der Waals surface area contributed by atoms with Crippen LogP contribution in [0.3, 0.4) is 0 Å². The Bertz CT molecular complexity index is 628. The fraction of sp³-hybridized carbons (Fsp3) is 0.538. The van der Waals surface area contributed by atoms with Crippen molar-refractivity contribution in [2.24, 2.45) is 5.92 Å². The standard InChI is InChI=1S/C13H17N3O4S/c1-3-7(2)9(12(19)20)15-10(17)8-6-14-13-16(11(8)18)4-5-21-13/h6-7,9H,3-5H2,1-2H3,(H,15,17)(H,19,20)/t7?,9-/m0/s1. The highest BCUT2D eigenvalue weighted by molar-refractivity contribution is 7.99. The molecule has 1 unspecified atom stereocenters. The summed E-state index contributed by atoms with van der Waals surface area (Å²) >= 11 is 1.46. The number of carbonyl (C=O) groups excluding carboxylic acids is 1. The van der Waals surface area contributed by atoms with E-state index in [9.17, 15) is 19.5 Å². The molecule has 1 aliphatic heterocycles. The quantitative estimate of drug-likeness (QED) is 0.771. The molecule has 0 saturated heterocycles. The van der Waals surface area contributed by atoms with Gasteiger partial charge in [-0.3, -0.25) is 14.2 Å². The van der Waals surface area contributed by atoms with Crippen LogP contribution in [-0.4, -0.2) is 38.3 Å². The van der Waals surface area contributed by atoms with Crippen LogP contribution in [0.2, 0.25) is 0 Å². The van der Waals surface area contributed by atoms with E-state index < -0.39 is 23.5 Å². The first-order valence-electron chi connectivity index (χ1n) is 6.72. The summed E-state index contributed by atoms with van der Waals surface area (Å²) in [6, 6.07) is -1.02. The van der Waals surface area contributed by atoms with E-state index >= 15 is 0 Å². The van der Waals surface area contributed by atoms with Crippen molar-refractivity contribution < 1.29 is 14.7 Å². The van der Waals surface area contributed by atoms with Gasteiger partial charge in [0.2, 0.25) is 0 Å². The van der Waals surface area contributed by atoms with Crippen molar-refractivity contribution in [3.05, 3.63) is 22.1 Å². The van der Waals surface area contributed by atoms with Crippen LogP contribution in [0.5, 0.6) is 0 Å². The molecule has 114 valence electrons. The minimum Gasteiger partial charge on any atom is -0.480 e. The number of hydrogen-bond donors (Lipinski definition) is 2. The molecule has 0 fully saturated rings. The Labute approximate surface area is 125 Å². The highest BCUT2D eigenvalue weighted by atomic mass is 32.2. The number of thioether (sulfide) groups is 1. The summed E-state index contributed by atoms with van der Waals surface area (Å²) in [6.45, 7) is 4.10. The lowest BCUT2D eigenvalue weighted by Gasteiger charge is -2.20. The van der Waals surface area contributed by atoms with Gasteiger partial charge >= 0.3 is 5.97 Å². The van der Waals surface area contributed by atoms with Gasteiger partial charge in [0.15, 0.2) is 5.16 Å². The summed E-state index contributed by atoms with van der Waals surface area (Å²) in [4.78, 5) is 39.7.